The van der Waals surface area contributed by atoms with Crippen LogP contribution in [0.3, 0.4) is 0 Å². The molecule has 0 saturated carbocycles. The fraction of sp³-hybridized carbons (Fsp3) is 0.188. The third-order valence-corrected chi connectivity index (χ3v) is 6.23. The van der Waals surface area contributed by atoms with Crippen LogP contribution in [0.5, 0.6) is 0 Å². The van der Waals surface area contributed by atoms with Gasteiger partial charge >= 0.3 is 0 Å². The van der Waals surface area contributed by atoms with E-state index in [2.05, 4.69) is 4.98 Å². The van der Waals surface area contributed by atoms with E-state index in [0.717, 1.165) is 0 Å². The highest BCUT2D eigenvalue weighted by molar-refractivity contribution is 7.91. The van der Waals surface area contributed by atoms with Gasteiger partial charge in [-0.15, -0.1) is 0 Å². The van der Waals surface area contributed by atoms with Gasteiger partial charge in [-0.1, -0.05) is 19.1 Å². The molecule has 0 bridgehead atoms. The van der Waals surface area contributed by atoms with Crippen LogP contribution in [0.2, 0.25) is 0 Å². The monoisotopic (exact) mass is 349 g/mol. The van der Waals surface area contributed by atoms with E-state index in [-0.39, 0.29) is 16.5 Å². The van der Waals surface area contributed by atoms with Crippen LogP contribution in [-0.4, -0.2) is 30.0 Å². The average Bonchev–Trinajstić information content (AvgIpc) is 2.97. The van der Waals surface area contributed by atoms with Gasteiger partial charge < -0.3 is 8.97 Å². The summed E-state index contributed by atoms with van der Waals surface area (Å²) in [6, 6.07) is 11.7. The lowest BCUT2D eigenvalue weighted by molar-refractivity contribution is 0.593. The van der Waals surface area contributed by atoms with Gasteiger partial charge in [-0.25, -0.2) is 13.4 Å². The van der Waals surface area contributed by atoms with Crippen molar-refractivity contribution in [2.75, 3.05) is 12.0 Å². The molecule has 0 aliphatic heterocycles. The minimum Gasteiger partial charge on any atom is -0.612 e. The lowest BCUT2D eigenvalue weighted by atomic mass is 10.2. The number of rotatable bonds is 4. The van der Waals surface area contributed by atoms with E-state index in [9.17, 15) is 13.0 Å². The van der Waals surface area contributed by atoms with E-state index in [0.29, 0.717) is 21.6 Å². The molecule has 7 heteroatoms. The Hall–Kier alpha value is -1.83. The molecule has 5 nitrogen and oxygen atoms in total. The van der Waals surface area contributed by atoms with Crippen LogP contribution in [0.1, 0.15) is 6.92 Å². The molecule has 0 radical (unpaired) electrons. The Morgan fingerprint density at radius 3 is 2.65 bits per heavy atom. The first kappa shape index (κ1) is 16.0. The van der Waals surface area contributed by atoms with E-state index in [1.807, 2.05) is 0 Å². The van der Waals surface area contributed by atoms with Crippen molar-refractivity contribution < 1.29 is 17.4 Å². The molecule has 1 atom stereocenters. The summed E-state index contributed by atoms with van der Waals surface area (Å²) in [5, 5.41) is 0. The maximum absolute atomic E-state index is 12.2. The Bertz CT molecular complexity index is 961. The Balaban J connectivity index is 2.18. The van der Waals surface area contributed by atoms with Crippen LogP contribution >= 0.6 is 0 Å². The van der Waals surface area contributed by atoms with Crippen LogP contribution in [0, 0.1) is 0 Å². The van der Waals surface area contributed by atoms with E-state index >= 15 is 0 Å². The van der Waals surface area contributed by atoms with Crippen LogP contribution in [0.15, 0.2) is 56.7 Å². The zero-order valence-electron chi connectivity index (χ0n) is 12.6. The molecule has 0 saturated heterocycles. The third-order valence-electron chi connectivity index (χ3n) is 3.52. The molecule has 0 N–H and O–H groups in total. The van der Waals surface area contributed by atoms with E-state index in [1.54, 1.807) is 55.6 Å². The number of oxazole rings is 1. The summed E-state index contributed by atoms with van der Waals surface area (Å²) in [4.78, 5) is 5.22. The molecule has 0 aliphatic rings. The fourth-order valence-corrected chi connectivity index (χ4v) is 3.90. The van der Waals surface area contributed by atoms with Crippen LogP contribution in [0.25, 0.3) is 22.6 Å². The van der Waals surface area contributed by atoms with Gasteiger partial charge in [0, 0.05) is 6.07 Å². The van der Waals surface area contributed by atoms with Crippen molar-refractivity contribution in [3.05, 3.63) is 42.5 Å². The molecule has 1 heterocycles. The molecule has 3 rings (SSSR count). The summed E-state index contributed by atoms with van der Waals surface area (Å²) < 4.78 is 41.7. The standard InChI is InChI=1S/C16H15NO4S2/c1-3-23(19,20)15-7-5-4-6-12(15)16-17-13-10-11(22(2)18)8-9-14(13)21-16/h4-10H,3H2,1-2H3. The predicted octanol–water partition coefficient (Wildman–Crippen LogP) is 3.03. The van der Waals surface area contributed by atoms with Crippen molar-refractivity contribution in [3.8, 4) is 11.5 Å². The van der Waals surface area contributed by atoms with Crippen molar-refractivity contribution >= 4 is 32.1 Å². The summed E-state index contributed by atoms with van der Waals surface area (Å²) >= 11 is -1.12. The first-order valence-corrected chi connectivity index (χ1v) is 10.2. The van der Waals surface area contributed by atoms with E-state index in [1.165, 1.54) is 0 Å². The summed E-state index contributed by atoms with van der Waals surface area (Å²) in [5.74, 6) is 0.245. The first-order valence-electron chi connectivity index (χ1n) is 6.98. The highest BCUT2D eigenvalue weighted by Crippen LogP contribution is 2.30. The lowest BCUT2D eigenvalue weighted by Crippen LogP contribution is -2.05. The summed E-state index contributed by atoms with van der Waals surface area (Å²) in [7, 11) is -3.38. The number of hydrogen-bond acceptors (Lipinski definition) is 5. The summed E-state index contributed by atoms with van der Waals surface area (Å²) in [6.07, 6.45) is 1.59. The normalized spacial score (nSPS) is 13.3. The average molecular weight is 349 g/mol. The van der Waals surface area contributed by atoms with Crippen molar-refractivity contribution in [3.63, 3.8) is 0 Å². The lowest BCUT2D eigenvalue weighted by Gasteiger charge is -2.05. The quantitative estimate of drug-likeness (QED) is 0.676. The number of fused-ring (bicyclic) bond motifs is 1. The smallest absolute Gasteiger partial charge is 0.228 e. The summed E-state index contributed by atoms with van der Waals surface area (Å²) in [6.45, 7) is 1.60. The number of benzene rings is 2. The van der Waals surface area contributed by atoms with Gasteiger partial charge in [-0.3, -0.25) is 0 Å². The molecular weight excluding hydrogens is 334 g/mol. The number of aromatic nitrogens is 1. The van der Waals surface area contributed by atoms with Gasteiger partial charge in [0.25, 0.3) is 0 Å². The Morgan fingerprint density at radius 2 is 1.96 bits per heavy atom. The van der Waals surface area contributed by atoms with E-state index < -0.39 is 21.0 Å². The highest BCUT2D eigenvalue weighted by atomic mass is 32.2. The van der Waals surface area contributed by atoms with Crippen molar-refractivity contribution in [2.45, 2.75) is 16.7 Å². The molecule has 120 valence electrons. The summed E-state index contributed by atoms with van der Waals surface area (Å²) in [5.41, 5.74) is 1.51. The SMILES string of the molecule is CCS(=O)(=O)c1ccccc1-c1nc2cc([S+](C)[O-])ccc2o1. The molecule has 3 aromatic rings. The third kappa shape index (κ3) is 2.99. The van der Waals surface area contributed by atoms with Crippen LogP contribution in [-0.2, 0) is 21.0 Å². The highest BCUT2D eigenvalue weighted by Gasteiger charge is 2.21. The second-order valence-corrected chi connectivity index (χ2v) is 8.63. The minimum absolute atomic E-state index is 0.00318. The first-order chi connectivity index (χ1) is 10.9. The van der Waals surface area contributed by atoms with Crippen molar-refractivity contribution in [2.24, 2.45) is 0 Å². The predicted molar refractivity (Wildman–Crippen MR) is 89.5 cm³/mol. The second-order valence-electron chi connectivity index (χ2n) is 5.00. The van der Waals surface area contributed by atoms with Crippen LogP contribution < -0.4 is 0 Å². The second kappa shape index (κ2) is 5.99. The zero-order valence-corrected chi connectivity index (χ0v) is 14.3. The molecule has 1 unspecified atom stereocenters. The molecule has 0 fully saturated rings. The number of hydrogen-bond donors (Lipinski definition) is 0. The molecule has 0 spiro atoms. The van der Waals surface area contributed by atoms with Gasteiger partial charge in [0.2, 0.25) is 5.89 Å². The Morgan fingerprint density at radius 1 is 1.22 bits per heavy atom. The Kier molecular flexibility index (Phi) is 4.18. The Labute approximate surface area is 137 Å². The molecule has 0 amide bonds. The van der Waals surface area contributed by atoms with Crippen LogP contribution in [0.4, 0.5) is 0 Å². The molecular formula is C16H15NO4S2. The maximum Gasteiger partial charge on any atom is 0.228 e. The largest absolute Gasteiger partial charge is 0.612 e. The minimum atomic E-state index is -3.38. The van der Waals surface area contributed by atoms with Crippen molar-refractivity contribution in [1.29, 1.82) is 0 Å². The maximum atomic E-state index is 12.2. The van der Waals surface area contributed by atoms with E-state index in [4.69, 9.17) is 4.42 Å². The van der Waals surface area contributed by atoms with Gasteiger partial charge in [-0.2, -0.15) is 0 Å². The zero-order chi connectivity index (χ0) is 16.6. The number of sulfone groups is 1. The van der Waals surface area contributed by atoms with Gasteiger partial charge in [0.1, 0.15) is 11.8 Å². The van der Waals surface area contributed by atoms with Gasteiger partial charge in [-0.05, 0) is 35.4 Å². The van der Waals surface area contributed by atoms with Gasteiger partial charge in [0.05, 0.1) is 16.2 Å². The fourth-order valence-electron chi connectivity index (χ4n) is 2.27. The molecule has 23 heavy (non-hydrogen) atoms. The van der Waals surface area contributed by atoms with Gasteiger partial charge in [0.15, 0.2) is 20.3 Å². The number of nitrogens with zero attached hydrogens (tertiary/aromatic N) is 1. The molecule has 1 aromatic heterocycles. The molecule has 2 aromatic carbocycles. The topological polar surface area (TPSA) is 83.2 Å². The van der Waals surface area contributed by atoms with Crippen molar-refractivity contribution in [1.82, 2.24) is 4.98 Å². The molecule has 0 aliphatic carbocycles.